The third-order valence-electron chi connectivity index (χ3n) is 11.3. The van der Waals surface area contributed by atoms with Gasteiger partial charge >= 0.3 is 12.1 Å². The minimum absolute atomic E-state index is 0.00120. The van der Waals surface area contributed by atoms with Gasteiger partial charge in [-0.2, -0.15) is 0 Å². The summed E-state index contributed by atoms with van der Waals surface area (Å²) in [5.74, 6) is -0.372. The minimum Gasteiger partial charge on any atom is -0.457 e. The molecule has 0 amide bonds. The Labute approximate surface area is 243 Å². The molecule has 5 aliphatic rings. The number of carbonyl (C=O) groups is 4. The fourth-order valence-corrected chi connectivity index (χ4v) is 9.31. The van der Waals surface area contributed by atoms with Gasteiger partial charge in [-0.1, -0.05) is 58.1 Å². The van der Waals surface area contributed by atoms with Gasteiger partial charge in [0.2, 0.25) is 5.78 Å². The number of hydrogen-bond donors (Lipinski definition) is 1. The third kappa shape index (κ3) is 5.30. The highest BCUT2D eigenvalue weighted by molar-refractivity contribution is 6.01. The molecule has 8 heteroatoms. The number of ketones is 2. The molecule has 4 saturated carbocycles. The van der Waals surface area contributed by atoms with Gasteiger partial charge in [0.15, 0.2) is 18.0 Å². The van der Waals surface area contributed by atoms with Crippen molar-refractivity contribution in [2.75, 3.05) is 13.2 Å². The van der Waals surface area contributed by atoms with Gasteiger partial charge in [-0.3, -0.25) is 14.4 Å². The summed E-state index contributed by atoms with van der Waals surface area (Å²) in [5, 5.41) is 11.8. The average Bonchev–Trinajstić information content (AvgIpc) is 3.56. The van der Waals surface area contributed by atoms with Gasteiger partial charge in [0, 0.05) is 23.2 Å². The van der Waals surface area contributed by atoms with Crippen molar-refractivity contribution in [2.24, 2.45) is 34.5 Å². The topological polar surface area (TPSA) is 116 Å². The zero-order valence-corrected chi connectivity index (χ0v) is 24.8. The number of carbonyl (C=O) groups excluding carboxylic acids is 4. The summed E-state index contributed by atoms with van der Waals surface area (Å²) in [7, 11) is 0. The van der Waals surface area contributed by atoms with Gasteiger partial charge in [0.25, 0.3) is 0 Å². The molecular formula is C33H46O8. The Hall–Kier alpha value is -2.48. The Bertz CT molecular complexity index is 1120. The van der Waals surface area contributed by atoms with Crippen molar-refractivity contribution < 1.29 is 38.5 Å². The maximum atomic E-state index is 14.0. The molecule has 7 atom stereocenters. The van der Waals surface area contributed by atoms with Gasteiger partial charge in [0.1, 0.15) is 0 Å². The number of hydrogen-bond acceptors (Lipinski definition) is 8. The number of fused-ring (bicyclic) bond motifs is 5. The van der Waals surface area contributed by atoms with E-state index in [2.05, 4.69) is 6.92 Å². The first-order chi connectivity index (χ1) is 19.5. The van der Waals surface area contributed by atoms with E-state index >= 15 is 0 Å². The maximum absolute atomic E-state index is 14.0. The molecule has 1 N–H and O–H groups in total. The molecule has 8 nitrogen and oxygen atoms in total. The minimum atomic E-state index is -1.56. The van der Waals surface area contributed by atoms with Crippen LogP contribution in [-0.2, 0) is 28.6 Å². The molecule has 0 aromatic rings. The number of esters is 1. The molecule has 1 unspecified atom stereocenters. The van der Waals surface area contributed by atoms with E-state index in [0.717, 1.165) is 37.7 Å². The molecular weight excluding hydrogens is 524 g/mol. The molecule has 0 heterocycles. The molecule has 0 radical (unpaired) electrons. The molecule has 4 fully saturated rings. The van der Waals surface area contributed by atoms with Crippen LogP contribution in [0.4, 0.5) is 4.79 Å². The largest absolute Gasteiger partial charge is 0.509 e. The highest BCUT2D eigenvalue weighted by Gasteiger charge is 2.70. The van der Waals surface area contributed by atoms with E-state index in [9.17, 15) is 24.3 Å². The van der Waals surface area contributed by atoms with Crippen LogP contribution in [0.2, 0.25) is 0 Å². The molecule has 0 spiro atoms. The van der Waals surface area contributed by atoms with Crippen molar-refractivity contribution in [3.63, 3.8) is 0 Å². The monoisotopic (exact) mass is 570 g/mol. The number of aliphatic hydroxyl groups is 1. The van der Waals surface area contributed by atoms with E-state index < -0.39 is 47.0 Å². The molecule has 0 aromatic carbocycles. The SMILES string of the molecule is CCCOC(=O)O[C@]1(C(=O)COC(=O)CCC2CCCC2)CC[C@H]2[C@@H]3CCC4=CC(=O)C=C[C@]4(C)[C@H]3C(O)C[C@@]21C. The lowest BCUT2D eigenvalue weighted by atomic mass is 9.46. The molecule has 41 heavy (non-hydrogen) atoms. The number of Topliss-reactive ketones (excluding diaryl/α,β-unsaturated/α-hetero) is 1. The van der Waals surface area contributed by atoms with E-state index in [1.807, 2.05) is 19.9 Å². The van der Waals surface area contributed by atoms with Gasteiger partial charge in [-0.05, 0) is 74.9 Å². The third-order valence-corrected chi connectivity index (χ3v) is 11.3. The Kier molecular flexibility index (Phi) is 8.53. The average molecular weight is 571 g/mol. The second kappa shape index (κ2) is 11.7. The lowest BCUT2D eigenvalue weighted by Gasteiger charge is -2.59. The zero-order chi connectivity index (χ0) is 29.4. The van der Waals surface area contributed by atoms with Crippen LogP contribution in [0.5, 0.6) is 0 Å². The fraction of sp³-hybridized carbons (Fsp3) is 0.758. The van der Waals surface area contributed by atoms with Crippen molar-refractivity contribution >= 4 is 23.7 Å². The lowest BCUT2D eigenvalue weighted by molar-refractivity contribution is -0.186. The van der Waals surface area contributed by atoms with E-state index in [-0.39, 0.29) is 49.4 Å². The number of allylic oxidation sites excluding steroid dienone is 4. The summed E-state index contributed by atoms with van der Waals surface area (Å²) < 4.78 is 16.8. The summed E-state index contributed by atoms with van der Waals surface area (Å²) in [6, 6.07) is 0. The molecule has 0 bridgehead atoms. The summed E-state index contributed by atoms with van der Waals surface area (Å²) in [6.07, 6.45) is 12.6. The van der Waals surface area contributed by atoms with Crippen LogP contribution in [0.15, 0.2) is 23.8 Å². The van der Waals surface area contributed by atoms with E-state index in [1.54, 1.807) is 12.2 Å². The van der Waals surface area contributed by atoms with Crippen molar-refractivity contribution in [3.05, 3.63) is 23.8 Å². The van der Waals surface area contributed by atoms with Crippen molar-refractivity contribution in [1.29, 1.82) is 0 Å². The highest BCUT2D eigenvalue weighted by atomic mass is 16.7. The van der Waals surface area contributed by atoms with E-state index in [1.165, 1.54) is 12.8 Å². The van der Waals surface area contributed by atoms with Gasteiger partial charge in [0.05, 0.1) is 12.7 Å². The first kappa shape index (κ1) is 30.0. The van der Waals surface area contributed by atoms with Crippen LogP contribution < -0.4 is 0 Å². The Morgan fingerprint density at radius 2 is 1.83 bits per heavy atom. The summed E-state index contributed by atoms with van der Waals surface area (Å²) in [4.78, 5) is 51.7. The Morgan fingerprint density at radius 3 is 2.56 bits per heavy atom. The van der Waals surface area contributed by atoms with Gasteiger partial charge in [-0.25, -0.2) is 4.79 Å². The highest BCUT2D eigenvalue weighted by Crippen LogP contribution is 2.68. The van der Waals surface area contributed by atoms with Crippen LogP contribution >= 0.6 is 0 Å². The fourth-order valence-electron chi connectivity index (χ4n) is 9.31. The number of aliphatic hydroxyl groups excluding tert-OH is 1. The van der Waals surface area contributed by atoms with Crippen molar-refractivity contribution in [3.8, 4) is 0 Å². The number of rotatable bonds is 9. The summed E-state index contributed by atoms with van der Waals surface area (Å²) in [6.45, 7) is 5.63. The van der Waals surface area contributed by atoms with Crippen molar-refractivity contribution in [2.45, 2.75) is 110 Å². The van der Waals surface area contributed by atoms with Crippen molar-refractivity contribution in [1.82, 2.24) is 0 Å². The quantitative estimate of drug-likeness (QED) is 0.354. The van der Waals surface area contributed by atoms with E-state index in [0.29, 0.717) is 18.8 Å². The summed E-state index contributed by atoms with van der Waals surface area (Å²) >= 11 is 0. The van der Waals surface area contributed by atoms with E-state index in [4.69, 9.17) is 14.2 Å². The molecule has 0 aromatic heterocycles. The van der Waals surface area contributed by atoms with Crippen LogP contribution in [0.3, 0.4) is 0 Å². The molecule has 226 valence electrons. The van der Waals surface area contributed by atoms with Crippen LogP contribution in [0.25, 0.3) is 0 Å². The zero-order valence-electron chi connectivity index (χ0n) is 24.8. The van der Waals surface area contributed by atoms with Crippen LogP contribution in [0, 0.1) is 34.5 Å². The van der Waals surface area contributed by atoms with Crippen LogP contribution in [0.1, 0.15) is 97.8 Å². The Morgan fingerprint density at radius 1 is 1.07 bits per heavy atom. The van der Waals surface area contributed by atoms with Gasteiger partial charge in [-0.15, -0.1) is 0 Å². The normalized spacial score (nSPS) is 38.0. The van der Waals surface area contributed by atoms with Crippen LogP contribution in [-0.4, -0.2) is 53.7 Å². The lowest BCUT2D eigenvalue weighted by Crippen LogP contribution is -2.63. The molecule has 0 aliphatic heterocycles. The number of ether oxygens (including phenoxy) is 3. The first-order valence-corrected chi connectivity index (χ1v) is 15.7. The summed E-state index contributed by atoms with van der Waals surface area (Å²) in [5.41, 5.74) is -1.81. The Balaban J connectivity index is 1.38. The standard InChI is InChI=1S/C33H46O8/c1-4-17-39-30(38)41-33(27(36)20-40-28(37)12-9-21-7-5-6-8-21)16-14-25-24-11-10-22-18-23(34)13-15-31(22,2)29(24)26(35)19-32(25,33)3/h13,15,18,21,24-26,29,35H,4-12,14,16-17,19-20H2,1-3H3/t24-,25-,26?,29+,31-,32-,33-/m0/s1. The molecule has 5 rings (SSSR count). The second-order valence-electron chi connectivity index (χ2n) is 13.6. The molecule has 0 saturated heterocycles. The molecule has 5 aliphatic carbocycles. The predicted molar refractivity (Wildman–Crippen MR) is 151 cm³/mol. The predicted octanol–water partition coefficient (Wildman–Crippen LogP) is 5.65. The smallest absolute Gasteiger partial charge is 0.457 e. The first-order valence-electron chi connectivity index (χ1n) is 15.7. The second-order valence-corrected chi connectivity index (χ2v) is 13.6. The van der Waals surface area contributed by atoms with Gasteiger partial charge < -0.3 is 19.3 Å². The maximum Gasteiger partial charge on any atom is 0.509 e.